The van der Waals surface area contributed by atoms with E-state index in [1.165, 1.54) is 25.5 Å². The summed E-state index contributed by atoms with van der Waals surface area (Å²) in [5, 5.41) is 3.56. The summed E-state index contributed by atoms with van der Waals surface area (Å²) in [5.41, 5.74) is 1.55. The molecule has 1 atom stereocenters. The van der Waals surface area contributed by atoms with Crippen molar-refractivity contribution in [2.45, 2.75) is 39.0 Å². The van der Waals surface area contributed by atoms with Crippen molar-refractivity contribution in [3.05, 3.63) is 59.4 Å². The Morgan fingerprint density at radius 1 is 1.15 bits per heavy atom. The van der Waals surface area contributed by atoms with Crippen molar-refractivity contribution < 1.29 is 13.9 Å². The zero-order valence-corrected chi connectivity index (χ0v) is 16.2. The average Bonchev–Trinajstić information content (AvgIpc) is 3.15. The third-order valence-electron chi connectivity index (χ3n) is 5.21. The quantitative estimate of drug-likeness (QED) is 0.722. The van der Waals surface area contributed by atoms with Crippen molar-refractivity contribution in [3.63, 3.8) is 0 Å². The van der Waals surface area contributed by atoms with E-state index in [0.29, 0.717) is 29.6 Å². The highest BCUT2D eigenvalue weighted by Gasteiger charge is 2.22. The van der Waals surface area contributed by atoms with Crippen LogP contribution in [0.15, 0.2) is 42.5 Å². The summed E-state index contributed by atoms with van der Waals surface area (Å²) >= 11 is 0. The minimum absolute atomic E-state index is 0.173. The molecule has 0 amide bonds. The molecule has 0 aliphatic carbocycles. The molecule has 0 saturated carbocycles. The van der Waals surface area contributed by atoms with Crippen LogP contribution in [0.2, 0.25) is 0 Å². The maximum atomic E-state index is 13.9. The van der Waals surface area contributed by atoms with Crippen LogP contribution < -0.4 is 14.8 Å². The molecule has 0 bridgehead atoms. The summed E-state index contributed by atoms with van der Waals surface area (Å²) in [7, 11) is 1.63. The van der Waals surface area contributed by atoms with Gasteiger partial charge in [-0.2, -0.15) is 0 Å². The second kappa shape index (κ2) is 9.72. The minimum Gasteiger partial charge on any atom is -0.493 e. The van der Waals surface area contributed by atoms with Gasteiger partial charge < -0.3 is 14.8 Å². The number of hydrogen-bond acceptors (Lipinski definition) is 4. The lowest BCUT2D eigenvalue weighted by atomic mass is 10.1. The number of para-hydroxylation sites is 1. The largest absolute Gasteiger partial charge is 0.493 e. The number of nitrogens with one attached hydrogen (secondary N) is 1. The van der Waals surface area contributed by atoms with E-state index >= 15 is 0 Å². The standard InChI is InChI=1S/C22H29FN2O2/c1-3-25-13-7-10-19(25)15-24-14-17-9-6-12-21(26-2)22(17)27-16-18-8-4-5-11-20(18)23/h4-6,8-9,11-12,19,24H,3,7,10,13-16H2,1-2H3/t19-/m0/s1. The Morgan fingerprint density at radius 2 is 1.96 bits per heavy atom. The van der Waals surface area contributed by atoms with Gasteiger partial charge in [-0.1, -0.05) is 37.3 Å². The van der Waals surface area contributed by atoms with Gasteiger partial charge in [-0.25, -0.2) is 4.39 Å². The number of hydrogen-bond donors (Lipinski definition) is 1. The number of methoxy groups -OCH3 is 1. The smallest absolute Gasteiger partial charge is 0.166 e. The van der Waals surface area contributed by atoms with E-state index in [1.807, 2.05) is 24.3 Å². The van der Waals surface area contributed by atoms with Gasteiger partial charge in [0.2, 0.25) is 0 Å². The van der Waals surface area contributed by atoms with Crippen LogP contribution in [0.5, 0.6) is 11.5 Å². The number of rotatable bonds is 9. The molecule has 146 valence electrons. The molecule has 0 aromatic heterocycles. The highest BCUT2D eigenvalue weighted by Crippen LogP contribution is 2.32. The highest BCUT2D eigenvalue weighted by molar-refractivity contribution is 5.46. The lowest BCUT2D eigenvalue weighted by Gasteiger charge is -2.23. The summed E-state index contributed by atoms with van der Waals surface area (Å²) in [6.45, 7) is 6.33. The Kier molecular flexibility index (Phi) is 7.07. The molecule has 2 aromatic rings. The molecule has 1 saturated heterocycles. The molecule has 1 aliphatic rings. The summed E-state index contributed by atoms with van der Waals surface area (Å²) in [6.07, 6.45) is 2.52. The fourth-order valence-electron chi connectivity index (χ4n) is 3.71. The average molecular weight is 372 g/mol. The van der Waals surface area contributed by atoms with Crippen LogP contribution in [0, 0.1) is 5.82 Å². The lowest BCUT2D eigenvalue weighted by molar-refractivity contribution is 0.257. The first-order valence-corrected chi connectivity index (χ1v) is 9.69. The van der Waals surface area contributed by atoms with E-state index in [2.05, 4.69) is 17.1 Å². The number of likely N-dealkylation sites (tertiary alicyclic amines) is 1. The van der Waals surface area contributed by atoms with Gasteiger partial charge >= 0.3 is 0 Å². The summed E-state index contributed by atoms with van der Waals surface area (Å²) in [4.78, 5) is 2.52. The number of nitrogens with zero attached hydrogens (tertiary/aromatic N) is 1. The SMILES string of the molecule is CCN1CCC[C@H]1CNCc1cccc(OC)c1OCc1ccccc1F. The van der Waals surface area contributed by atoms with Crippen molar-refractivity contribution in [2.75, 3.05) is 26.7 Å². The first-order chi connectivity index (χ1) is 13.2. The number of halogens is 1. The first-order valence-electron chi connectivity index (χ1n) is 9.69. The number of ether oxygens (including phenoxy) is 2. The lowest BCUT2D eigenvalue weighted by Crippen LogP contribution is -2.37. The van der Waals surface area contributed by atoms with Crippen LogP contribution in [-0.2, 0) is 13.2 Å². The zero-order chi connectivity index (χ0) is 19.1. The van der Waals surface area contributed by atoms with Crippen LogP contribution in [0.4, 0.5) is 4.39 Å². The van der Waals surface area contributed by atoms with Crippen molar-refractivity contribution in [1.82, 2.24) is 10.2 Å². The summed E-state index contributed by atoms with van der Waals surface area (Å²) < 4.78 is 25.3. The fraction of sp³-hybridized carbons (Fsp3) is 0.455. The maximum absolute atomic E-state index is 13.9. The molecular weight excluding hydrogens is 343 g/mol. The molecule has 0 spiro atoms. The van der Waals surface area contributed by atoms with E-state index in [4.69, 9.17) is 9.47 Å². The minimum atomic E-state index is -0.257. The third kappa shape index (κ3) is 4.99. The van der Waals surface area contributed by atoms with Gasteiger partial charge in [0.15, 0.2) is 11.5 Å². The molecular formula is C22H29FN2O2. The second-order valence-electron chi connectivity index (χ2n) is 6.88. The molecule has 1 fully saturated rings. The molecule has 2 aromatic carbocycles. The molecule has 0 unspecified atom stereocenters. The number of benzene rings is 2. The summed E-state index contributed by atoms with van der Waals surface area (Å²) in [6, 6.07) is 13.1. The first kappa shape index (κ1) is 19.6. The predicted molar refractivity (Wildman–Crippen MR) is 106 cm³/mol. The van der Waals surface area contributed by atoms with E-state index in [0.717, 1.165) is 18.7 Å². The van der Waals surface area contributed by atoms with Crippen LogP contribution in [0.1, 0.15) is 30.9 Å². The van der Waals surface area contributed by atoms with E-state index in [1.54, 1.807) is 19.2 Å². The van der Waals surface area contributed by atoms with Crippen LogP contribution in [0.25, 0.3) is 0 Å². The number of likely N-dealkylation sites (N-methyl/N-ethyl adjacent to an activating group) is 1. The maximum Gasteiger partial charge on any atom is 0.166 e. The fourth-order valence-corrected chi connectivity index (χ4v) is 3.71. The molecule has 0 radical (unpaired) electrons. The molecule has 3 rings (SSSR count). The normalized spacial score (nSPS) is 17.2. The van der Waals surface area contributed by atoms with Gasteiger partial charge in [-0.3, -0.25) is 4.90 Å². The molecule has 4 nitrogen and oxygen atoms in total. The highest BCUT2D eigenvalue weighted by atomic mass is 19.1. The molecule has 1 N–H and O–H groups in total. The van der Waals surface area contributed by atoms with E-state index in [-0.39, 0.29) is 12.4 Å². The van der Waals surface area contributed by atoms with Crippen molar-refractivity contribution in [1.29, 1.82) is 0 Å². The van der Waals surface area contributed by atoms with Crippen molar-refractivity contribution >= 4 is 0 Å². The van der Waals surface area contributed by atoms with Gasteiger partial charge in [-0.05, 0) is 38.1 Å². The Hall–Kier alpha value is -2.11. The molecule has 5 heteroatoms. The van der Waals surface area contributed by atoms with Gasteiger partial charge in [0.25, 0.3) is 0 Å². The van der Waals surface area contributed by atoms with Crippen LogP contribution in [-0.4, -0.2) is 37.7 Å². The molecule has 1 aliphatic heterocycles. The van der Waals surface area contributed by atoms with E-state index in [9.17, 15) is 4.39 Å². The van der Waals surface area contributed by atoms with Crippen LogP contribution >= 0.6 is 0 Å². The Morgan fingerprint density at radius 3 is 2.74 bits per heavy atom. The monoisotopic (exact) mass is 372 g/mol. The molecule has 27 heavy (non-hydrogen) atoms. The Bertz CT molecular complexity index is 738. The third-order valence-corrected chi connectivity index (χ3v) is 5.21. The van der Waals surface area contributed by atoms with E-state index < -0.39 is 0 Å². The predicted octanol–water partition coefficient (Wildman–Crippen LogP) is 3.99. The molecule has 1 heterocycles. The topological polar surface area (TPSA) is 33.7 Å². The zero-order valence-electron chi connectivity index (χ0n) is 16.2. The Balaban J connectivity index is 1.65. The second-order valence-corrected chi connectivity index (χ2v) is 6.88. The summed E-state index contributed by atoms with van der Waals surface area (Å²) in [5.74, 6) is 1.09. The van der Waals surface area contributed by atoms with Crippen molar-refractivity contribution in [3.8, 4) is 11.5 Å². The van der Waals surface area contributed by atoms with Crippen LogP contribution in [0.3, 0.4) is 0 Å². The van der Waals surface area contributed by atoms with Crippen molar-refractivity contribution in [2.24, 2.45) is 0 Å². The van der Waals surface area contributed by atoms with Gasteiger partial charge in [0.1, 0.15) is 12.4 Å². The Labute approximate surface area is 161 Å². The van der Waals surface area contributed by atoms with Gasteiger partial charge in [0, 0.05) is 30.3 Å². The van der Waals surface area contributed by atoms with Gasteiger partial charge in [-0.15, -0.1) is 0 Å². The van der Waals surface area contributed by atoms with Gasteiger partial charge in [0.05, 0.1) is 7.11 Å².